The molecular formula is C19H13N5O. The minimum atomic E-state index is -0.0771. The summed E-state index contributed by atoms with van der Waals surface area (Å²) in [6.07, 6.45) is 2.67. The Hall–Kier alpha value is -3.67. The van der Waals surface area contributed by atoms with Crippen molar-refractivity contribution in [3.8, 4) is 40.0 Å². The van der Waals surface area contributed by atoms with Gasteiger partial charge in [-0.3, -0.25) is 0 Å². The highest BCUT2D eigenvalue weighted by Gasteiger charge is 2.15. The van der Waals surface area contributed by atoms with Crippen molar-refractivity contribution in [2.75, 3.05) is 0 Å². The summed E-state index contributed by atoms with van der Waals surface area (Å²) in [5.74, 6) is 1.25. The molecule has 1 N–H and O–H groups in total. The van der Waals surface area contributed by atoms with Gasteiger partial charge in [-0.2, -0.15) is 0 Å². The van der Waals surface area contributed by atoms with Crippen LogP contribution in [0.2, 0.25) is 0 Å². The highest BCUT2D eigenvalue weighted by Crippen LogP contribution is 2.27. The van der Waals surface area contributed by atoms with Crippen molar-refractivity contribution in [2.24, 2.45) is 0 Å². The second-order valence-corrected chi connectivity index (χ2v) is 5.29. The molecule has 0 amide bonds. The lowest BCUT2D eigenvalue weighted by atomic mass is 10.2. The van der Waals surface area contributed by atoms with E-state index >= 15 is 0 Å². The fourth-order valence-electron chi connectivity index (χ4n) is 2.41. The molecule has 4 aromatic rings. The summed E-state index contributed by atoms with van der Waals surface area (Å²) in [6.45, 7) is 0. The van der Waals surface area contributed by atoms with Gasteiger partial charge in [0.2, 0.25) is 0 Å². The summed E-state index contributed by atoms with van der Waals surface area (Å²) in [6, 6.07) is 19.2. The lowest BCUT2D eigenvalue weighted by molar-refractivity contribution is 0.471. The van der Waals surface area contributed by atoms with Gasteiger partial charge >= 0.3 is 0 Å². The fourth-order valence-corrected chi connectivity index (χ4v) is 2.41. The van der Waals surface area contributed by atoms with Gasteiger partial charge in [0.1, 0.15) is 6.33 Å². The molecule has 0 saturated heterocycles. The molecule has 25 heavy (non-hydrogen) atoms. The van der Waals surface area contributed by atoms with E-state index in [1.54, 1.807) is 0 Å². The van der Waals surface area contributed by atoms with E-state index in [2.05, 4.69) is 24.9 Å². The zero-order valence-electron chi connectivity index (χ0n) is 13.1. The first-order valence-electron chi connectivity index (χ1n) is 7.67. The average Bonchev–Trinajstić information content (AvgIpc) is 2.69. The minimum absolute atomic E-state index is 0.0771. The molecule has 0 radical (unpaired) electrons. The van der Waals surface area contributed by atoms with Crippen molar-refractivity contribution in [3.63, 3.8) is 0 Å². The number of hydrogen-bond donors (Lipinski definition) is 1. The van der Waals surface area contributed by atoms with Gasteiger partial charge < -0.3 is 5.11 Å². The molecule has 0 spiro atoms. The lowest BCUT2D eigenvalue weighted by Gasteiger charge is -2.08. The summed E-state index contributed by atoms with van der Waals surface area (Å²) in [5, 5.41) is 10.1. The van der Waals surface area contributed by atoms with E-state index in [1.165, 1.54) is 12.5 Å². The molecule has 120 valence electrons. The molecule has 2 aromatic heterocycles. The van der Waals surface area contributed by atoms with Crippen LogP contribution in [0.1, 0.15) is 0 Å². The van der Waals surface area contributed by atoms with Crippen LogP contribution in [0.25, 0.3) is 34.3 Å². The molecule has 4 rings (SSSR count). The normalized spacial score (nSPS) is 10.6. The Morgan fingerprint density at radius 2 is 1.16 bits per heavy atom. The van der Waals surface area contributed by atoms with E-state index in [0.717, 1.165) is 11.1 Å². The summed E-state index contributed by atoms with van der Waals surface area (Å²) in [7, 11) is 0. The topological polar surface area (TPSA) is 84.7 Å². The van der Waals surface area contributed by atoms with Gasteiger partial charge in [0.25, 0.3) is 0 Å². The van der Waals surface area contributed by atoms with Crippen LogP contribution < -0.4 is 0 Å². The van der Waals surface area contributed by atoms with Gasteiger partial charge in [-0.25, -0.2) is 24.9 Å². The molecule has 0 aliphatic carbocycles. The Morgan fingerprint density at radius 1 is 0.640 bits per heavy atom. The summed E-state index contributed by atoms with van der Waals surface area (Å²) in [4.78, 5) is 21.5. The Bertz CT molecular complexity index is 949. The predicted octanol–water partition coefficient (Wildman–Crippen LogP) is 3.37. The van der Waals surface area contributed by atoms with Gasteiger partial charge in [0.05, 0.1) is 6.20 Å². The zero-order chi connectivity index (χ0) is 17.1. The fraction of sp³-hybridized carbons (Fsp3) is 0. The summed E-state index contributed by atoms with van der Waals surface area (Å²) < 4.78 is 0. The van der Waals surface area contributed by atoms with Crippen molar-refractivity contribution in [2.45, 2.75) is 0 Å². The molecule has 0 unspecified atom stereocenters. The third-order valence-electron chi connectivity index (χ3n) is 3.60. The van der Waals surface area contributed by atoms with E-state index in [4.69, 9.17) is 0 Å². The SMILES string of the molecule is Oc1cncnc1-c1nc(-c2ccccc2)nc(-c2ccccc2)n1. The van der Waals surface area contributed by atoms with Crippen LogP contribution in [-0.2, 0) is 0 Å². The molecule has 0 fully saturated rings. The molecular weight excluding hydrogens is 314 g/mol. The number of hydrogen-bond acceptors (Lipinski definition) is 6. The van der Waals surface area contributed by atoms with Crippen LogP contribution in [-0.4, -0.2) is 30.0 Å². The second-order valence-electron chi connectivity index (χ2n) is 5.29. The summed E-state index contributed by atoms with van der Waals surface area (Å²) >= 11 is 0. The van der Waals surface area contributed by atoms with Crippen LogP contribution in [0.4, 0.5) is 0 Å². The second kappa shape index (κ2) is 6.45. The van der Waals surface area contributed by atoms with Crippen molar-refractivity contribution in [3.05, 3.63) is 73.2 Å². The smallest absolute Gasteiger partial charge is 0.186 e. The largest absolute Gasteiger partial charge is 0.504 e. The third kappa shape index (κ3) is 3.05. The molecule has 2 aromatic carbocycles. The van der Waals surface area contributed by atoms with E-state index in [9.17, 15) is 5.11 Å². The first-order valence-corrected chi connectivity index (χ1v) is 7.67. The Morgan fingerprint density at radius 3 is 1.68 bits per heavy atom. The minimum Gasteiger partial charge on any atom is -0.504 e. The Balaban J connectivity index is 1.94. The maximum atomic E-state index is 10.1. The van der Waals surface area contributed by atoms with Crippen molar-refractivity contribution < 1.29 is 5.11 Å². The summed E-state index contributed by atoms with van der Waals surface area (Å²) in [5.41, 5.74) is 1.99. The van der Waals surface area contributed by atoms with Crippen molar-refractivity contribution >= 4 is 0 Å². The standard InChI is InChI=1S/C19H13N5O/c25-15-11-20-12-21-16(15)19-23-17(13-7-3-1-4-8-13)22-18(24-19)14-9-5-2-6-10-14/h1-12,25H. The van der Waals surface area contributed by atoms with E-state index in [0.29, 0.717) is 17.5 Å². The number of nitrogens with zero attached hydrogens (tertiary/aromatic N) is 5. The molecule has 6 nitrogen and oxygen atoms in total. The van der Waals surface area contributed by atoms with Gasteiger partial charge in [0.15, 0.2) is 28.9 Å². The average molecular weight is 327 g/mol. The van der Waals surface area contributed by atoms with E-state index in [1.807, 2.05) is 60.7 Å². The van der Waals surface area contributed by atoms with Gasteiger partial charge in [-0.15, -0.1) is 0 Å². The molecule has 6 heteroatoms. The van der Waals surface area contributed by atoms with Gasteiger partial charge in [-0.1, -0.05) is 60.7 Å². The highest BCUT2D eigenvalue weighted by atomic mass is 16.3. The first-order chi connectivity index (χ1) is 12.3. The van der Waals surface area contributed by atoms with Gasteiger partial charge in [0, 0.05) is 11.1 Å². The molecule has 0 saturated carbocycles. The van der Waals surface area contributed by atoms with Crippen LogP contribution >= 0.6 is 0 Å². The van der Waals surface area contributed by atoms with Crippen LogP contribution in [0.3, 0.4) is 0 Å². The number of aromatic nitrogens is 5. The Kier molecular flexibility index (Phi) is 3.84. The van der Waals surface area contributed by atoms with Crippen LogP contribution in [0, 0.1) is 0 Å². The van der Waals surface area contributed by atoms with Crippen LogP contribution in [0.5, 0.6) is 5.75 Å². The lowest BCUT2D eigenvalue weighted by Crippen LogP contribution is -2.01. The van der Waals surface area contributed by atoms with Crippen molar-refractivity contribution in [1.82, 2.24) is 24.9 Å². The molecule has 0 aliphatic rings. The van der Waals surface area contributed by atoms with Crippen molar-refractivity contribution in [1.29, 1.82) is 0 Å². The predicted molar refractivity (Wildman–Crippen MR) is 93.4 cm³/mol. The molecule has 0 atom stereocenters. The maximum Gasteiger partial charge on any atom is 0.186 e. The van der Waals surface area contributed by atoms with Gasteiger partial charge in [-0.05, 0) is 0 Å². The number of rotatable bonds is 3. The molecule has 2 heterocycles. The highest BCUT2D eigenvalue weighted by molar-refractivity contribution is 5.66. The van der Waals surface area contributed by atoms with E-state index < -0.39 is 0 Å². The zero-order valence-corrected chi connectivity index (χ0v) is 13.1. The molecule has 0 aliphatic heterocycles. The quantitative estimate of drug-likeness (QED) is 0.621. The number of benzene rings is 2. The van der Waals surface area contributed by atoms with Crippen LogP contribution in [0.15, 0.2) is 73.2 Å². The maximum absolute atomic E-state index is 10.1. The Labute approximate surface area is 143 Å². The first kappa shape index (κ1) is 14.9. The number of aromatic hydroxyl groups is 1. The van der Waals surface area contributed by atoms with E-state index in [-0.39, 0.29) is 11.4 Å². The third-order valence-corrected chi connectivity index (χ3v) is 3.60. The molecule has 0 bridgehead atoms. The monoisotopic (exact) mass is 327 g/mol.